The van der Waals surface area contributed by atoms with Crippen LogP contribution in [0.1, 0.15) is 30.4 Å². The van der Waals surface area contributed by atoms with Gasteiger partial charge in [-0.1, -0.05) is 12.1 Å². The van der Waals surface area contributed by atoms with Gasteiger partial charge in [0.05, 0.1) is 10.3 Å². The Kier molecular flexibility index (Phi) is 4.44. The number of hydrogen-bond acceptors (Lipinski definition) is 4. The van der Waals surface area contributed by atoms with E-state index in [0.717, 1.165) is 18.5 Å². The van der Waals surface area contributed by atoms with Crippen molar-refractivity contribution in [3.05, 3.63) is 29.3 Å². The van der Waals surface area contributed by atoms with Gasteiger partial charge in [-0.25, -0.2) is 8.42 Å². The zero-order chi connectivity index (χ0) is 17.5. The molecule has 2 atom stereocenters. The average molecular weight is 352 g/mol. The summed E-state index contributed by atoms with van der Waals surface area (Å²) >= 11 is 0. The van der Waals surface area contributed by atoms with Crippen LogP contribution in [-0.2, 0) is 14.8 Å². The van der Waals surface area contributed by atoms with Crippen LogP contribution in [0.3, 0.4) is 0 Å². The Hall–Kier alpha value is -1.44. The Bertz CT molecular complexity index is 762. The van der Waals surface area contributed by atoms with Gasteiger partial charge in [0.15, 0.2) is 0 Å². The van der Waals surface area contributed by atoms with E-state index in [-0.39, 0.29) is 17.5 Å². The highest BCUT2D eigenvalue weighted by Gasteiger charge is 2.52. The quantitative estimate of drug-likeness (QED) is 0.861. The van der Waals surface area contributed by atoms with Crippen LogP contribution in [0, 0.1) is 19.3 Å². The summed E-state index contributed by atoms with van der Waals surface area (Å²) in [5, 5.41) is 13.1. The number of rotatable bonds is 3. The van der Waals surface area contributed by atoms with E-state index in [1.165, 1.54) is 4.31 Å². The van der Waals surface area contributed by atoms with E-state index < -0.39 is 21.4 Å². The highest BCUT2D eigenvalue weighted by molar-refractivity contribution is 7.89. The van der Waals surface area contributed by atoms with Gasteiger partial charge in [-0.2, -0.15) is 4.31 Å². The number of piperidine rings is 2. The second kappa shape index (κ2) is 6.13. The summed E-state index contributed by atoms with van der Waals surface area (Å²) < 4.78 is 27.6. The highest BCUT2D eigenvalue weighted by atomic mass is 32.2. The number of benzene rings is 1. The molecular weight excluding hydrogens is 328 g/mol. The summed E-state index contributed by atoms with van der Waals surface area (Å²) in [5.41, 5.74) is 0.539. The summed E-state index contributed by atoms with van der Waals surface area (Å²) in [6.07, 6.45) is 1.79. The molecule has 0 radical (unpaired) electrons. The third-order valence-electron chi connectivity index (χ3n) is 5.37. The maximum absolute atomic E-state index is 13.1. The third kappa shape index (κ3) is 2.74. The van der Waals surface area contributed by atoms with Crippen molar-refractivity contribution in [2.45, 2.75) is 44.0 Å². The molecule has 0 bridgehead atoms. The molecule has 0 unspecified atom stereocenters. The maximum atomic E-state index is 13.1. The second-order valence-corrected chi connectivity index (χ2v) is 8.87. The number of fused-ring (bicyclic) bond motifs is 1. The van der Waals surface area contributed by atoms with Crippen molar-refractivity contribution in [3.63, 3.8) is 0 Å². The van der Waals surface area contributed by atoms with Crippen LogP contribution in [0.15, 0.2) is 23.1 Å². The van der Waals surface area contributed by atoms with Gasteiger partial charge in [0.1, 0.15) is 0 Å². The summed E-state index contributed by atoms with van der Waals surface area (Å²) in [7, 11) is -3.70. The van der Waals surface area contributed by atoms with Gasteiger partial charge in [0.2, 0.25) is 10.0 Å². The molecule has 132 valence electrons. The summed E-state index contributed by atoms with van der Waals surface area (Å²) in [6, 6.07) is 5.19. The Labute approximate surface area is 142 Å². The van der Waals surface area contributed by atoms with Crippen LogP contribution in [0.5, 0.6) is 0 Å². The van der Waals surface area contributed by atoms with Gasteiger partial charge in [0.25, 0.3) is 0 Å². The minimum Gasteiger partial charge on any atom is -0.481 e. The largest absolute Gasteiger partial charge is 0.481 e. The van der Waals surface area contributed by atoms with E-state index in [9.17, 15) is 18.3 Å². The normalized spacial score (nSPS) is 28.3. The first-order valence-electron chi connectivity index (χ1n) is 8.31. The van der Waals surface area contributed by atoms with E-state index in [2.05, 4.69) is 5.32 Å². The summed E-state index contributed by atoms with van der Waals surface area (Å²) in [4.78, 5) is 12.3. The molecule has 2 saturated heterocycles. The molecule has 6 nitrogen and oxygen atoms in total. The van der Waals surface area contributed by atoms with E-state index >= 15 is 0 Å². The first-order valence-corrected chi connectivity index (χ1v) is 9.75. The monoisotopic (exact) mass is 352 g/mol. The lowest BCUT2D eigenvalue weighted by Crippen LogP contribution is -2.63. The van der Waals surface area contributed by atoms with E-state index in [1.54, 1.807) is 19.1 Å². The van der Waals surface area contributed by atoms with Crippen molar-refractivity contribution < 1.29 is 18.3 Å². The number of carbonyl (C=O) groups is 1. The number of aliphatic carboxylic acids is 1. The minimum absolute atomic E-state index is 0.0374. The molecule has 1 aromatic carbocycles. The Balaban J connectivity index is 1.98. The van der Waals surface area contributed by atoms with Crippen LogP contribution in [0.25, 0.3) is 0 Å². The van der Waals surface area contributed by atoms with E-state index in [4.69, 9.17) is 0 Å². The molecule has 2 aliphatic rings. The molecule has 0 amide bonds. The van der Waals surface area contributed by atoms with Crippen molar-refractivity contribution in [1.82, 2.24) is 9.62 Å². The molecule has 2 aliphatic heterocycles. The number of hydrogen-bond donors (Lipinski definition) is 2. The number of nitrogens with one attached hydrogen (secondary N) is 1. The van der Waals surface area contributed by atoms with Crippen LogP contribution in [-0.4, -0.2) is 49.5 Å². The molecule has 1 aromatic rings. The maximum Gasteiger partial charge on any atom is 0.312 e. The molecular formula is C17H24N2O4S. The molecule has 3 rings (SSSR count). The Morgan fingerprint density at radius 2 is 2.12 bits per heavy atom. The van der Waals surface area contributed by atoms with Gasteiger partial charge < -0.3 is 10.4 Å². The Morgan fingerprint density at radius 1 is 1.38 bits per heavy atom. The average Bonchev–Trinajstić information content (AvgIpc) is 2.56. The fourth-order valence-corrected chi connectivity index (χ4v) is 5.77. The molecule has 0 saturated carbocycles. The van der Waals surface area contributed by atoms with Crippen LogP contribution in [0.2, 0.25) is 0 Å². The SMILES string of the molecule is Cc1ccc(C)c(S(=O)(=O)N2CC[C@H]3NCCC[C@]3(C(=O)O)C2)c1. The van der Waals surface area contributed by atoms with Crippen molar-refractivity contribution in [3.8, 4) is 0 Å². The van der Waals surface area contributed by atoms with Gasteiger partial charge >= 0.3 is 5.97 Å². The minimum atomic E-state index is -3.70. The zero-order valence-corrected chi connectivity index (χ0v) is 14.9. The summed E-state index contributed by atoms with van der Waals surface area (Å²) in [5.74, 6) is -0.902. The van der Waals surface area contributed by atoms with E-state index in [1.807, 2.05) is 13.0 Å². The smallest absolute Gasteiger partial charge is 0.312 e. The molecule has 2 fully saturated rings. The van der Waals surface area contributed by atoms with Crippen LogP contribution in [0.4, 0.5) is 0 Å². The topological polar surface area (TPSA) is 86.7 Å². The lowest BCUT2D eigenvalue weighted by Gasteiger charge is -2.48. The number of carboxylic acids is 1. The number of aryl methyl sites for hydroxylation is 2. The highest BCUT2D eigenvalue weighted by Crippen LogP contribution is 2.39. The molecule has 2 heterocycles. The van der Waals surface area contributed by atoms with Crippen LogP contribution < -0.4 is 5.32 Å². The molecule has 2 N–H and O–H groups in total. The number of carboxylic acid groups (broad SMARTS) is 1. The Morgan fingerprint density at radius 3 is 2.83 bits per heavy atom. The predicted octanol–water partition coefficient (Wildman–Crippen LogP) is 1.52. The van der Waals surface area contributed by atoms with Crippen molar-refractivity contribution >= 4 is 16.0 Å². The van der Waals surface area contributed by atoms with E-state index in [0.29, 0.717) is 24.9 Å². The van der Waals surface area contributed by atoms with Crippen molar-refractivity contribution in [2.24, 2.45) is 5.41 Å². The second-order valence-electron chi connectivity index (χ2n) is 6.97. The van der Waals surface area contributed by atoms with Crippen molar-refractivity contribution in [2.75, 3.05) is 19.6 Å². The molecule has 7 heteroatoms. The fourth-order valence-electron chi connectivity index (χ4n) is 3.94. The van der Waals surface area contributed by atoms with Gasteiger partial charge in [-0.3, -0.25) is 4.79 Å². The zero-order valence-electron chi connectivity index (χ0n) is 14.1. The van der Waals surface area contributed by atoms with Gasteiger partial charge in [-0.05, 0) is 56.8 Å². The lowest BCUT2D eigenvalue weighted by atomic mass is 9.71. The first kappa shape index (κ1) is 17.4. The summed E-state index contributed by atoms with van der Waals surface area (Å²) in [6.45, 7) is 4.81. The van der Waals surface area contributed by atoms with Gasteiger partial charge in [0, 0.05) is 19.1 Å². The van der Waals surface area contributed by atoms with Crippen LogP contribution >= 0.6 is 0 Å². The van der Waals surface area contributed by atoms with Gasteiger partial charge in [-0.15, -0.1) is 0 Å². The molecule has 0 aromatic heterocycles. The predicted molar refractivity (Wildman–Crippen MR) is 90.4 cm³/mol. The standard InChI is InChI=1S/C17H24N2O4S/c1-12-4-5-13(2)14(10-12)24(22,23)19-9-6-15-17(11-19,16(20)21)7-3-8-18-15/h4-5,10,15,18H,3,6-9,11H2,1-2H3,(H,20,21)/t15-,17+/m1/s1. The molecule has 24 heavy (non-hydrogen) atoms. The first-order chi connectivity index (χ1) is 11.3. The third-order valence-corrected chi connectivity index (χ3v) is 7.36. The molecule has 0 spiro atoms. The fraction of sp³-hybridized carbons (Fsp3) is 0.588. The lowest BCUT2D eigenvalue weighted by molar-refractivity contribution is -0.155. The number of nitrogens with zero attached hydrogens (tertiary/aromatic N) is 1. The number of sulfonamides is 1. The van der Waals surface area contributed by atoms with Crippen molar-refractivity contribution in [1.29, 1.82) is 0 Å². The molecule has 0 aliphatic carbocycles.